The summed E-state index contributed by atoms with van der Waals surface area (Å²) in [5.41, 5.74) is 2.72. The molecule has 1 aliphatic rings. The van der Waals surface area contributed by atoms with Crippen molar-refractivity contribution in [3.05, 3.63) is 58.0 Å². The van der Waals surface area contributed by atoms with Crippen LogP contribution < -0.4 is 10.2 Å². The first-order valence-corrected chi connectivity index (χ1v) is 12.6. The van der Waals surface area contributed by atoms with Gasteiger partial charge >= 0.3 is 0 Å². The summed E-state index contributed by atoms with van der Waals surface area (Å²) in [6.07, 6.45) is 3.79. The van der Waals surface area contributed by atoms with E-state index in [2.05, 4.69) is 27.8 Å². The number of amides is 1. The highest BCUT2D eigenvalue weighted by Crippen LogP contribution is 2.35. The van der Waals surface area contributed by atoms with E-state index in [0.29, 0.717) is 12.2 Å². The zero-order valence-electron chi connectivity index (χ0n) is 18.6. The van der Waals surface area contributed by atoms with Gasteiger partial charge in [-0.05, 0) is 55.5 Å². The van der Waals surface area contributed by atoms with E-state index < -0.39 is 0 Å². The Bertz CT molecular complexity index is 1260. The Labute approximate surface area is 200 Å². The van der Waals surface area contributed by atoms with Gasteiger partial charge in [0, 0.05) is 41.1 Å². The first kappa shape index (κ1) is 22.1. The molecular weight excluding hydrogens is 454 g/mol. The standard InChI is InChI=1S/C24H25N5O2S2/c1-15-14-32-19-9-11-26-22(21(15)19)29(18-4-3-10-25-12-18)24(30)17-7-5-16(6-8-17)23-28-27-20(33-23)13-31-2/h5-9,11,14,18,25H,3-4,10,12-13H2,1-2H3/t18-/m1/s1. The van der Waals surface area contributed by atoms with Gasteiger partial charge in [-0.1, -0.05) is 23.5 Å². The molecule has 0 saturated carbocycles. The van der Waals surface area contributed by atoms with Gasteiger partial charge in [-0.3, -0.25) is 9.69 Å². The van der Waals surface area contributed by atoms with Gasteiger partial charge in [0.05, 0.1) is 12.6 Å². The van der Waals surface area contributed by atoms with E-state index in [-0.39, 0.29) is 11.9 Å². The second-order valence-corrected chi connectivity index (χ2v) is 10.1. The lowest BCUT2D eigenvalue weighted by atomic mass is 10.0. The third-order valence-electron chi connectivity index (χ3n) is 5.85. The quantitative estimate of drug-likeness (QED) is 0.433. The number of rotatable bonds is 6. The van der Waals surface area contributed by atoms with Crippen LogP contribution in [0.2, 0.25) is 0 Å². The van der Waals surface area contributed by atoms with Gasteiger partial charge in [-0.25, -0.2) is 4.98 Å². The summed E-state index contributed by atoms with van der Waals surface area (Å²) in [6.45, 7) is 4.27. The number of pyridine rings is 1. The smallest absolute Gasteiger partial charge is 0.259 e. The van der Waals surface area contributed by atoms with Crippen LogP contribution in [-0.4, -0.2) is 47.3 Å². The van der Waals surface area contributed by atoms with E-state index in [4.69, 9.17) is 9.72 Å². The Morgan fingerprint density at radius 3 is 2.85 bits per heavy atom. The predicted octanol–water partition coefficient (Wildman–Crippen LogP) is 4.67. The molecule has 1 aromatic carbocycles. The average Bonchev–Trinajstić information content (AvgIpc) is 3.48. The fraction of sp³-hybridized carbons (Fsp3) is 0.333. The molecule has 0 unspecified atom stereocenters. The predicted molar refractivity (Wildman–Crippen MR) is 133 cm³/mol. The number of ether oxygens (including phenoxy) is 1. The van der Waals surface area contributed by atoms with Crippen molar-refractivity contribution in [2.45, 2.75) is 32.4 Å². The normalized spacial score (nSPS) is 16.2. The molecule has 0 spiro atoms. The Kier molecular flexibility index (Phi) is 6.45. The summed E-state index contributed by atoms with van der Waals surface area (Å²) in [4.78, 5) is 20.5. The number of piperidine rings is 1. The number of fused-ring (bicyclic) bond motifs is 1. The lowest BCUT2D eigenvalue weighted by Gasteiger charge is -2.34. The number of nitrogens with one attached hydrogen (secondary N) is 1. The highest BCUT2D eigenvalue weighted by atomic mass is 32.1. The molecule has 9 heteroatoms. The Hall–Kier alpha value is -2.72. The summed E-state index contributed by atoms with van der Waals surface area (Å²) in [7, 11) is 1.64. The molecule has 0 aliphatic carbocycles. The van der Waals surface area contributed by atoms with Crippen LogP contribution in [0.3, 0.4) is 0 Å². The number of carbonyl (C=O) groups excluding carboxylic acids is 1. The second-order valence-electron chi connectivity index (χ2n) is 8.11. The Morgan fingerprint density at radius 2 is 2.09 bits per heavy atom. The molecule has 1 aliphatic heterocycles. The van der Waals surface area contributed by atoms with E-state index >= 15 is 0 Å². The minimum absolute atomic E-state index is 0.0295. The molecule has 5 rings (SSSR count). The minimum atomic E-state index is -0.0295. The van der Waals surface area contributed by atoms with E-state index in [0.717, 1.165) is 63.0 Å². The number of carbonyl (C=O) groups is 1. The lowest BCUT2D eigenvalue weighted by molar-refractivity contribution is 0.0972. The molecule has 0 bridgehead atoms. The summed E-state index contributed by atoms with van der Waals surface area (Å²) >= 11 is 3.19. The fourth-order valence-electron chi connectivity index (χ4n) is 4.23. The van der Waals surface area contributed by atoms with Crippen LogP contribution in [-0.2, 0) is 11.3 Å². The third-order valence-corrected chi connectivity index (χ3v) is 7.86. The summed E-state index contributed by atoms with van der Waals surface area (Å²) in [6, 6.07) is 9.70. The van der Waals surface area contributed by atoms with Crippen molar-refractivity contribution in [1.29, 1.82) is 0 Å². The number of nitrogens with zero attached hydrogens (tertiary/aromatic N) is 4. The van der Waals surface area contributed by atoms with Gasteiger partial charge in [0.15, 0.2) is 0 Å². The molecule has 1 saturated heterocycles. The molecule has 1 amide bonds. The van der Waals surface area contributed by atoms with Crippen LogP contribution in [0.15, 0.2) is 41.9 Å². The molecule has 4 heterocycles. The Morgan fingerprint density at radius 1 is 1.24 bits per heavy atom. The SMILES string of the molecule is COCc1nnc(-c2ccc(C(=O)N(c3nccc4scc(C)c34)[C@@H]3CCCNC3)cc2)s1. The molecule has 170 valence electrons. The van der Waals surface area contributed by atoms with Gasteiger partial charge in [0.1, 0.15) is 15.8 Å². The van der Waals surface area contributed by atoms with E-state index in [9.17, 15) is 4.79 Å². The monoisotopic (exact) mass is 479 g/mol. The van der Waals surface area contributed by atoms with Gasteiger partial charge in [-0.15, -0.1) is 21.5 Å². The maximum absolute atomic E-state index is 13.9. The van der Waals surface area contributed by atoms with Gasteiger partial charge in [0.25, 0.3) is 5.91 Å². The number of aryl methyl sites for hydroxylation is 1. The molecule has 7 nitrogen and oxygen atoms in total. The van der Waals surface area contributed by atoms with E-state index in [1.807, 2.05) is 35.2 Å². The van der Waals surface area contributed by atoms with Crippen molar-refractivity contribution in [1.82, 2.24) is 20.5 Å². The minimum Gasteiger partial charge on any atom is -0.377 e. The van der Waals surface area contributed by atoms with Crippen LogP contribution in [0.25, 0.3) is 20.7 Å². The van der Waals surface area contributed by atoms with Crippen LogP contribution in [0.4, 0.5) is 5.82 Å². The number of thiophene rings is 1. The highest BCUT2D eigenvalue weighted by Gasteiger charge is 2.30. The second kappa shape index (κ2) is 9.64. The molecular formula is C24H25N5O2S2. The molecule has 1 atom stereocenters. The van der Waals surface area contributed by atoms with Crippen LogP contribution in [0.1, 0.15) is 33.8 Å². The number of hydrogen-bond donors (Lipinski definition) is 1. The van der Waals surface area contributed by atoms with Crippen molar-refractivity contribution < 1.29 is 9.53 Å². The molecule has 4 aromatic rings. The number of benzene rings is 1. The maximum Gasteiger partial charge on any atom is 0.259 e. The van der Waals surface area contributed by atoms with Crippen molar-refractivity contribution in [2.75, 3.05) is 25.1 Å². The number of methoxy groups -OCH3 is 1. The summed E-state index contributed by atoms with van der Waals surface area (Å²) in [5, 5.41) is 16.7. The highest BCUT2D eigenvalue weighted by molar-refractivity contribution is 7.17. The zero-order chi connectivity index (χ0) is 22.8. The first-order valence-electron chi connectivity index (χ1n) is 10.9. The fourth-order valence-corrected chi connectivity index (χ4v) is 5.98. The van der Waals surface area contributed by atoms with Crippen molar-refractivity contribution in [2.24, 2.45) is 0 Å². The van der Waals surface area contributed by atoms with Gasteiger partial charge in [0.2, 0.25) is 0 Å². The van der Waals surface area contributed by atoms with Crippen molar-refractivity contribution >= 4 is 44.5 Å². The average molecular weight is 480 g/mol. The third kappa shape index (κ3) is 4.41. The topological polar surface area (TPSA) is 80.2 Å². The molecule has 0 radical (unpaired) electrons. The number of aromatic nitrogens is 3. The van der Waals surface area contributed by atoms with Crippen LogP contribution in [0, 0.1) is 6.92 Å². The van der Waals surface area contributed by atoms with Crippen LogP contribution >= 0.6 is 22.7 Å². The van der Waals surface area contributed by atoms with Gasteiger partial charge in [-0.2, -0.15) is 0 Å². The largest absolute Gasteiger partial charge is 0.377 e. The van der Waals surface area contributed by atoms with Crippen molar-refractivity contribution in [3.8, 4) is 10.6 Å². The summed E-state index contributed by atoms with van der Waals surface area (Å²) < 4.78 is 6.28. The molecule has 33 heavy (non-hydrogen) atoms. The lowest BCUT2D eigenvalue weighted by Crippen LogP contribution is -2.49. The number of hydrogen-bond acceptors (Lipinski definition) is 8. The molecule has 3 aromatic heterocycles. The van der Waals surface area contributed by atoms with E-state index in [1.54, 1.807) is 24.6 Å². The summed E-state index contributed by atoms with van der Waals surface area (Å²) in [5.74, 6) is 0.723. The zero-order valence-corrected chi connectivity index (χ0v) is 20.2. The Balaban J connectivity index is 1.50. The van der Waals surface area contributed by atoms with Crippen LogP contribution in [0.5, 0.6) is 0 Å². The van der Waals surface area contributed by atoms with Crippen molar-refractivity contribution in [3.63, 3.8) is 0 Å². The first-order chi connectivity index (χ1) is 16.2. The molecule has 1 fully saturated rings. The molecule has 1 N–H and O–H groups in total. The van der Waals surface area contributed by atoms with Gasteiger partial charge < -0.3 is 10.1 Å². The van der Waals surface area contributed by atoms with E-state index in [1.165, 1.54) is 11.3 Å². The maximum atomic E-state index is 13.9. The number of anilines is 1.